The second-order valence-electron chi connectivity index (χ2n) is 7.72. The highest BCUT2D eigenvalue weighted by molar-refractivity contribution is 5.90. The van der Waals surface area contributed by atoms with Crippen molar-refractivity contribution in [2.45, 2.75) is 51.8 Å². The van der Waals surface area contributed by atoms with E-state index >= 15 is 0 Å². The number of rotatable bonds is 4. The van der Waals surface area contributed by atoms with Gasteiger partial charge in [0.05, 0.1) is 11.0 Å². The Labute approximate surface area is 171 Å². The van der Waals surface area contributed by atoms with E-state index in [1.165, 1.54) is 19.1 Å². The number of carbonyl (C=O) groups excluding carboxylic acids is 2. The number of aliphatic hydroxyl groups is 1. The third-order valence-corrected chi connectivity index (χ3v) is 5.16. The molecule has 1 saturated heterocycles. The van der Waals surface area contributed by atoms with Crippen LogP contribution in [0.2, 0.25) is 0 Å². The highest BCUT2D eigenvalue weighted by Crippen LogP contribution is 2.37. The molecule has 1 unspecified atom stereocenters. The molecule has 0 spiro atoms. The zero-order valence-corrected chi connectivity index (χ0v) is 17.0. The van der Waals surface area contributed by atoms with Crippen molar-refractivity contribution in [3.05, 3.63) is 34.7 Å². The van der Waals surface area contributed by atoms with Gasteiger partial charge in [-0.3, -0.25) is 10.1 Å². The van der Waals surface area contributed by atoms with Crippen LogP contribution in [-0.4, -0.2) is 41.2 Å². The third-order valence-electron chi connectivity index (χ3n) is 5.16. The predicted octanol–water partition coefficient (Wildman–Crippen LogP) is 1.73. The Morgan fingerprint density at radius 3 is 2.60 bits per heavy atom. The van der Waals surface area contributed by atoms with Crippen molar-refractivity contribution in [1.29, 1.82) is 0 Å². The molecule has 0 bridgehead atoms. The number of aliphatic hydroxyl groups excluding tert-OH is 1. The summed E-state index contributed by atoms with van der Waals surface area (Å²) in [6.07, 6.45) is -4.44. The Morgan fingerprint density at radius 2 is 1.97 bits per heavy atom. The van der Waals surface area contributed by atoms with Gasteiger partial charge in [0.1, 0.15) is 11.9 Å². The number of primary amides is 1. The van der Waals surface area contributed by atoms with E-state index in [0.717, 1.165) is 0 Å². The first-order valence-electron chi connectivity index (χ1n) is 9.32. The van der Waals surface area contributed by atoms with Gasteiger partial charge in [-0.2, -0.15) is 0 Å². The van der Waals surface area contributed by atoms with Crippen LogP contribution in [0.4, 0.5) is 10.7 Å². The van der Waals surface area contributed by atoms with Crippen molar-refractivity contribution < 1.29 is 33.3 Å². The number of carbonyl (C=O) groups is 2. The first-order chi connectivity index (χ1) is 14.0. The number of hydrogen-bond donors (Lipinski definition) is 3. The average molecular weight is 420 g/mol. The van der Waals surface area contributed by atoms with Gasteiger partial charge in [0.15, 0.2) is 6.10 Å². The zero-order chi connectivity index (χ0) is 22.2. The number of anilines is 1. The van der Waals surface area contributed by atoms with Crippen molar-refractivity contribution in [3.63, 3.8) is 0 Å². The third kappa shape index (κ3) is 4.39. The van der Waals surface area contributed by atoms with Crippen LogP contribution in [0.25, 0.3) is 10.8 Å². The molecule has 4 N–H and O–H groups in total. The molecule has 0 saturated carbocycles. The first kappa shape index (κ1) is 21.6. The van der Waals surface area contributed by atoms with Gasteiger partial charge >= 0.3 is 11.7 Å². The average Bonchev–Trinajstić information content (AvgIpc) is 2.63. The van der Waals surface area contributed by atoms with Gasteiger partial charge in [-0.15, -0.1) is 0 Å². The van der Waals surface area contributed by atoms with Crippen LogP contribution < -0.4 is 21.4 Å². The van der Waals surface area contributed by atoms with E-state index in [9.17, 15) is 19.5 Å². The molecule has 2 aromatic rings. The van der Waals surface area contributed by atoms with Crippen LogP contribution in [0.3, 0.4) is 0 Å². The Balaban J connectivity index is 1.89. The van der Waals surface area contributed by atoms with E-state index in [1.54, 1.807) is 32.9 Å². The summed E-state index contributed by atoms with van der Waals surface area (Å²) in [5.74, 6) is -0.475. The molecule has 1 aromatic heterocycles. The fourth-order valence-corrected chi connectivity index (χ4v) is 3.33. The molecule has 10 nitrogen and oxygen atoms in total. The molecule has 30 heavy (non-hydrogen) atoms. The van der Waals surface area contributed by atoms with Crippen LogP contribution in [0.5, 0.6) is 5.75 Å². The van der Waals surface area contributed by atoms with Gasteiger partial charge in [-0.05, 0) is 31.4 Å². The smallest absolute Gasteiger partial charge is 0.404 e. The highest BCUT2D eigenvalue weighted by Gasteiger charge is 2.50. The number of hydrogen-bond acceptors (Lipinski definition) is 8. The van der Waals surface area contributed by atoms with E-state index in [-0.39, 0.29) is 28.8 Å². The summed E-state index contributed by atoms with van der Waals surface area (Å²) in [6.45, 7) is 6.61. The van der Waals surface area contributed by atoms with E-state index < -0.39 is 35.8 Å². The van der Waals surface area contributed by atoms with E-state index in [0.29, 0.717) is 5.39 Å². The summed E-state index contributed by atoms with van der Waals surface area (Å²) in [5.41, 5.74) is 3.66. The molecule has 10 heteroatoms. The van der Waals surface area contributed by atoms with Crippen LogP contribution in [-0.2, 0) is 14.3 Å². The van der Waals surface area contributed by atoms with Crippen molar-refractivity contribution in [2.75, 3.05) is 5.32 Å². The van der Waals surface area contributed by atoms with E-state index in [2.05, 4.69) is 5.32 Å². The molecule has 1 aliphatic heterocycles. The summed E-state index contributed by atoms with van der Waals surface area (Å²) >= 11 is 0. The van der Waals surface area contributed by atoms with Crippen molar-refractivity contribution >= 4 is 28.7 Å². The van der Waals surface area contributed by atoms with Crippen molar-refractivity contribution in [1.82, 2.24) is 0 Å². The molecule has 2 heterocycles. The summed E-state index contributed by atoms with van der Waals surface area (Å²) < 4.78 is 21.8. The Bertz CT molecular complexity index is 1030. The Morgan fingerprint density at radius 1 is 1.27 bits per heavy atom. The van der Waals surface area contributed by atoms with Gasteiger partial charge in [0.2, 0.25) is 18.1 Å². The lowest BCUT2D eigenvalue weighted by atomic mass is 9.82. The number of benzene rings is 1. The maximum atomic E-state index is 12.3. The Hall–Kier alpha value is -3.11. The molecule has 2 amide bonds. The van der Waals surface area contributed by atoms with Gasteiger partial charge in [0, 0.05) is 18.9 Å². The monoisotopic (exact) mass is 420 g/mol. The summed E-state index contributed by atoms with van der Waals surface area (Å²) in [6, 6.07) is 6.12. The fraction of sp³-hybridized carbons (Fsp3) is 0.450. The van der Waals surface area contributed by atoms with Gasteiger partial charge in [-0.1, -0.05) is 13.0 Å². The minimum absolute atomic E-state index is 0.0295. The van der Waals surface area contributed by atoms with Crippen LogP contribution in [0.1, 0.15) is 27.7 Å². The molecule has 1 aliphatic rings. The maximum Gasteiger partial charge on any atom is 0.404 e. The summed E-state index contributed by atoms with van der Waals surface area (Å²) in [7, 11) is 0. The van der Waals surface area contributed by atoms with Gasteiger partial charge in [-0.25, -0.2) is 9.59 Å². The number of ether oxygens (including phenoxy) is 3. The molecular weight excluding hydrogens is 396 g/mol. The topological polar surface area (TPSA) is 150 Å². The molecule has 0 aliphatic carbocycles. The normalized spacial score (nSPS) is 25.5. The minimum atomic E-state index is -1.31. The second kappa shape index (κ2) is 7.96. The van der Waals surface area contributed by atoms with Crippen LogP contribution in [0.15, 0.2) is 33.5 Å². The number of nitrogens with two attached hydrogens (primary N) is 1. The lowest BCUT2D eigenvalue weighted by Crippen LogP contribution is -2.60. The molecule has 162 valence electrons. The zero-order valence-electron chi connectivity index (χ0n) is 17.0. The lowest BCUT2D eigenvalue weighted by Gasteiger charge is -2.47. The molecule has 3 rings (SSSR count). The summed E-state index contributed by atoms with van der Waals surface area (Å²) in [5, 5.41) is 13.8. The van der Waals surface area contributed by atoms with Crippen molar-refractivity contribution in [3.8, 4) is 5.75 Å². The Kier molecular flexibility index (Phi) is 5.73. The predicted molar refractivity (Wildman–Crippen MR) is 106 cm³/mol. The van der Waals surface area contributed by atoms with E-state index in [4.69, 9.17) is 24.4 Å². The second-order valence-corrected chi connectivity index (χ2v) is 7.72. The number of fused-ring (bicyclic) bond motifs is 1. The van der Waals surface area contributed by atoms with Crippen LogP contribution in [0, 0.1) is 5.92 Å². The maximum absolute atomic E-state index is 12.3. The van der Waals surface area contributed by atoms with Crippen molar-refractivity contribution in [2.24, 2.45) is 11.7 Å². The number of nitrogens with one attached hydrogen (secondary N) is 1. The molecule has 4 atom stereocenters. The minimum Gasteiger partial charge on any atom is -0.462 e. The molecule has 1 fully saturated rings. The van der Waals surface area contributed by atoms with Gasteiger partial charge < -0.3 is 29.5 Å². The SMILES string of the molecule is CC(=O)Nc1cc2ccc(OC3OC(C)(C)[C@H](C)[C@H](OC(N)=O)[C@@H]3O)cc2c(=O)o1. The number of amides is 2. The summed E-state index contributed by atoms with van der Waals surface area (Å²) in [4.78, 5) is 34.7. The highest BCUT2D eigenvalue weighted by atomic mass is 16.7. The lowest BCUT2D eigenvalue weighted by molar-refractivity contribution is -0.283. The molecule has 1 aromatic carbocycles. The van der Waals surface area contributed by atoms with E-state index in [1.807, 2.05) is 0 Å². The van der Waals surface area contributed by atoms with Gasteiger partial charge in [0.25, 0.3) is 0 Å². The quantitative estimate of drug-likeness (QED) is 0.677. The standard InChI is InChI=1S/C20H24N2O8/c1-9-16(29-19(21)26)15(24)18(30-20(9,3)4)27-12-6-5-11-7-14(22-10(2)23)28-17(25)13(11)8-12/h5-9,15-16,18,24H,1-4H3,(H2,21,26)(H,22,23)/t9-,15+,16+,18?/m1/s1. The largest absolute Gasteiger partial charge is 0.462 e. The molecular formula is C20H24N2O8. The fourth-order valence-electron chi connectivity index (χ4n) is 3.33. The van der Waals surface area contributed by atoms with Crippen LogP contribution >= 0.6 is 0 Å². The molecule has 0 radical (unpaired) electrons. The first-order valence-corrected chi connectivity index (χ1v) is 9.32.